The van der Waals surface area contributed by atoms with Crippen LogP contribution in [0.2, 0.25) is 0 Å². The number of fused-ring (bicyclic) bond motifs is 1. The third-order valence-electron chi connectivity index (χ3n) is 10.6. The molecule has 4 unspecified atom stereocenters. The fraction of sp³-hybridized carbons (Fsp3) is 0.381. The lowest BCUT2D eigenvalue weighted by atomic mass is 9.97. The zero-order valence-corrected chi connectivity index (χ0v) is 35.9. The third kappa shape index (κ3) is 9.06. The first-order valence-electron chi connectivity index (χ1n) is 19.5. The molecule has 0 saturated carbocycles. The monoisotopic (exact) mass is 896 g/mol. The number of hydrogen-bond donors (Lipinski definition) is 2. The van der Waals surface area contributed by atoms with Gasteiger partial charge in [-0.05, 0) is 61.4 Å². The summed E-state index contributed by atoms with van der Waals surface area (Å²) in [4.78, 5) is 68.9. The molecular formula is C42H43F3N6O9S2. The van der Waals surface area contributed by atoms with Crippen LogP contribution in [0.5, 0.6) is 28.7 Å². The van der Waals surface area contributed by atoms with E-state index < -0.39 is 64.5 Å². The van der Waals surface area contributed by atoms with E-state index in [-0.39, 0.29) is 31.1 Å². The standard InChI is InChI=1S/C42H43F3N6O9S2/c1-6-59-29-15-22(11-13-26(29)56-3)24-17-33(52)50(19-24)36(38(54)48-40-46-32(21-61-40)42(43,44)45)37(39(55)49-41-47-35-28(58-5)9-8-10-31(35)62-41)51-20-25(18-34(51)53)23-12-14-27(57-4)30(16-23)60-7-2/h8-16,21,24-25,36-37H,6-7,17-20H2,1-5H3,(H,46,48,54)(H,47,49,55). The van der Waals surface area contributed by atoms with E-state index in [1.54, 1.807) is 54.6 Å². The van der Waals surface area contributed by atoms with Crippen molar-refractivity contribution in [3.8, 4) is 28.7 Å². The molecule has 7 rings (SSSR count). The lowest BCUT2D eigenvalue weighted by Crippen LogP contribution is -2.62. The van der Waals surface area contributed by atoms with Crippen molar-refractivity contribution in [3.05, 3.63) is 76.8 Å². The highest BCUT2D eigenvalue weighted by atomic mass is 32.1. The number of benzene rings is 3. The van der Waals surface area contributed by atoms with Gasteiger partial charge in [0.15, 0.2) is 39.0 Å². The highest BCUT2D eigenvalue weighted by molar-refractivity contribution is 7.22. The Morgan fingerprint density at radius 2 is 1.26 bits per heavy atom. The quantitative estimate of drug-likeness (QED) is 0.105. The molecule has 2 N–H and O–H groups in total. The number of methoxy groups -OCH3 is 3. The van der Waals surface area contributed by atoms with E-state index in [2.05, 4.69) is 20.6 Å². The number of nitrogens with zero attached hydrogens (tertiary/aromatic N) is 4. The molecule has 4 atom stereocenters. The maximum absolute atomic E-state index is 15.0. The van der Waals surface area contributed by atoms with Crippen LogP contribution in [0.1, 0.15) is 55.3 Å². The van der Waals surface area contributed by atoms with Crippen molar-refractivity contribution in [2.45, 2.75) is 56.8 Å². The zero-order chi connectivity index (χ0) is 44.3. The number of carbonyl (C=O) groups excluding carboxylic acids is 4. The number of amides is 4. The molecule has 4 amide bonds. The molecule has 0 radical (unpaired) electrons. The molecule has 2 aliphatic rings. The number of alkyl halides is 3. The van der Waals surface area contributed by atoms with E-state index in [0.29, 0.717) is 74.6 Å². The molecule has 0 aliphatic carbocycles. The van der Waals surface area contributed by atoms with Gasteiger partial charge in [-0.15, -0.1) is 11.3 Å². The fourth-order valence-electron chi connectivity index (χ4n) is 7.75. The highest BCUT2D eigenvalue weighted by Gasteiger charge is 2.51. The van der Waals surface area contributed by atoms with Crippen LogP contribution in [0.3, 0.4) is 0 Å². The van der Waals surface area contributed by atoms with Crippen molar-refractivity contribution in [1.82, 2.24) is 19.8 Å². The minimum absolute atomic E-state index is 0.0800. The molecule has 15 nitrogen and oxygen atoms in total. The summed E-state index contributed by atoms with van der Waals surface area (Å²) in [6, 6.07) is 12.2. The average Bonchev–Trinajstić information content (AvgIpc) is 4.06. The molecule has 5 aromatic rings. The summed E-state index contributed by atoms with van der Waals surface area (Å²) in [5, 5.41) is 5.66. The van der Waals surface area contributed by atoms with Crippen molar-refractivity contribution < 1.29 is 56.0 Å². The predicted molar refractivity (Wildman–Crippen MR) is 225 cm³/mol. The van der Waals surface area contributed by atoms with Gasteiger partial charge in [-0.3, -0.25) is 19.2 Å². The number of hydrogen-bond acceptors (Lipinski definition) is 13. The summed E-state index contributed by atoms with van der Waals surface area (Å²) >= 11 is 1.64. The van der Waals surface area contributed by atoms with E-state index in [0.717, 1.165) is 16.7 Å². The summed E-state index contributed by atoms with van der Waals surface area (Å²) in [6.45, 7) is 4.10. The fourth-order valence-corrected chi connectivity index (χ4v) is 9.36. The van der Waals surface area contributed by atoms with Crippen molar-refractivity contribution in [2.24, 2.45) is 0 Å². The van der Waals surface area contributed by atoms with Gasteiger partial charge in [0.05, 0.1) is 39.2 Å². The van der Waals surface area contributed by atoms with Crippen LogP contribution >= 0.6 is 22.7 Å². The molecule has 3 aromatic carbocycles. The predicted octanol–water partition coefficient (Wildman–Crippen LogP) is 6.94. The second kappa shape index (κ2) is 18.4. The van der Waals surface area contributed by atoms with E-state index in [9.17, 15) is 32.3 Å². The second-order valence-electron chi connectivity index (χ2n) is 14.3. The average molecular weight is 897 g/mol. The van der Waals surface area contributed by atoms with E-state index in [4.69, 9.17) is 23.7 Å². The maximum Gasteiger partial charge on any atom is 0.434 e. The minimum Gasteiger partial charge on any atom is -0.494 e. The molecule has 0 bridgehead atoms. The Hall–Kier alpha value is -6.15. The SMILES string of the molecule is CCOc1cc(C2CC(=O)N(C(C(=O)Nc3nc(C(F)(F)F)cs3)C(C(=O)Nc3nc4c(OC)cccc4s3)N3CC(c4ccc(OC)c(OCC)c4)CC3=O)C2)ccc1OC. The Labute approximate surface area is 362 Å². The van der Waals surface area contributed by atoms with Crippen molar-refractivity contribution in [3.63, 3.8) is 0 Å². The Balaban J connectivity index is 1.31. The number of likely N-dealkylation sites (tertiary alicyclic amines) is 2. The largest absolute Gasteiger partial charge is 0.494 e. The first kappa shape index (κ1) is 43.9. The lowest BCUT2D eigenvalue weighted by molar-refractivity contribution is -0.145. The highest BCUT2D eigenvalue weighted by Crippen LogP contribution is 2.41. The van der Waals surface area contributed by atoms with Crippen molar-refractivity contribution in [2.75, 3.05) is 58.3 Å². The number of rotatable bonds is 16. The van der Waals surface area contributed by atoms with E-state index in [1.807, 2.05) is 13.8 Å². The van der Waals surface area contributed by atoms with Crippen molar-refractivity contribution in [1.29, 1.82) is 0 Å². The first-order valence-corrected chi connectivity index (χ1v) is 21.2. The topological polar surface area (TPSA) is 171 Å². The van der Waals surface area contributed by atoms with Gasteiger partial charge < -0.3 is 44.1 Å². The van der Waals surface area contributed by atoms with Crippen LogP contribution in [0.15, 0.2) is 60.0 Å². The molecule has 2 aromatic heterocycles. The molecule has 2 aliphatic heterocycles. The molecule has 2 saturated heterocycles. The lowest BCUT2D eigenvalue weighted by Gasteiger charge is -2.37. The Morgan fingerprint density at radius 1 is 0.742 bits per heavy atom. The number of carbonyl (C=O) groups is 4. The molecular weight excluding hydrogens is 854 g/mol. The molecule has 328 valence electrons. The first-order chi connectivity index (χ1) is 29.8. The third-order valence-corrected chi connectivity index (χ3v) is 12.3. The zero-order valence-electron chi connectivity index (χ0n) is 34.2. The molecule has 20 heteroatoms. The second-order valence-corrected chi connectivity index (χ2v) is 16.2. The van der Waals surface area contributed by atoms with Crippen LogP contribution in [0, 0.1) is 0 Å². The molecule has 4 heterocycles. The summed E-state index contributed by atoms with van der Waals surface area (Å²) in [6.07, 6.45) is -5.00. The number of thiazole rings is 2. The maximum atomic E-state index is 15.0. The van der Waals surface area contributed by atoms with E-state index >= 15 is 0 Å². The smallest absolute Gasteiger partial charge is 0.434 e. The number of aromatic nitrogens is 2. The molecule has 2 fully saturated rings. The minimum atomic E-state index is -4.81. The Kier molecular flexibility index (Phi) is 13.1. The van der Waals surface area contributed by atoms with Gasteiger partial charge in [-0.1, -0.05) is 29.5 Å². The van der Waals surface area contributed by atoms with Gasteiger partial charge in [-0.25, -0.2) is 9.97 Å². The van der Waals surface area contributed by atoms with Crippen molar-refractivity contribution >= 4 is 66.8 Å². The number of ether oxygens (including phenoxy) is 5. The number of anilines is 2. The Morgan fingerprint density at radius 3 is 1.73 bits per heavy atom. The number of nitrogens with one attached hydrogen (secondary N) is 2. The van der Waals surface area contributed by atoms with Crippen LogP contribution in [0.4, 0.5) is 23.4 Å². The van der Waals surface area contributed by atoms with Gasteiger partial charge in [0.25, 0.3) is 11.8 Å². The van der Waals surface area contributed by atoms with Gasteiger partial charge in [-0.2, -0.15) is 13.2 Å². The van der Waals surface area contributed by atoms with Crippen LogP contribution in [-0.2, 0) is 25.4 Å². The van der Waals surface area contributed by atoms with Crippen LogP contribution in [-0.4, -0.2) is 103 Å². The molecule has 62 heavy (non-hydrogen) atoms. The van der Waals surface area contributed by atoms with Gasteiger partial charge >= 0.3 is 6.18 Å². The van der Waals surface area contributed by atoms with Gasteiger partial charge in [0, 0.05) is 43.1 Å². The van der Waals surface area contributed by atoms with E-state index in [1.165, 1.54) is 31.1 Å². The van der Waals surface area contributed by atoms with Gasteiger partial charge in [0.2, 0.25) is 11.8 Å². The Bertz CT molecular complexity index is 2480. The summed E-state index contributed by atoms with van der Waals surface area (Å²) in [7, 11) is 4.47. The van der Waals surface area contributed by atoms with Crippen LogP contribution in [0.25, 0.3) is 10.2 Å². The summed E-state index contributed by atoms with van der Waals surface area (Å²) in [5.74, 6) is -1.73. The van der Waals surface area contributed by atoms with Crippen LogP contribution < -0.4 is 34.3 Å². The summed E-state index contributed by atoms with van der Waals surface area (Å²) < 4.78 is 69.6. The normalized spacial score (nSPS) is 17.5. The number of halogens is 3. The summed E-state index contributed by atoms with van der Waals surface area (Å²) in [5.41, 5.74) is 0.578. The number of para-hydroxylation sites is 1. The molecule has 0 spiro atoms. The van der Waals surface area contributed by atoms with Gasteiger partial charge in [0.1, 0.15) is 23.3 Å².